The van der Waals surface area contributed by atoms with E-state index in [0.717, 1.165) is 42.8 Å². The Morgan fingerprint density at radius 3 is 2.74 bits per heavy atom. The highest BCUT2D eigenvalue weighted by atomic mass is 35.5. The SMILES string of the molecule is O=C1NS(=O)(=O)[C@H](CN2CCOCC2)CC/C=C/[C@H](O)[C@@H]2CC[C@H]2CN2C[C@@]3(CCCc4cc(Cl)ccc43)COc3ccc1cc32. The number of fused-ring (bicyclic) bond motifs is 4. The minimum Gasteiger partial charge on any atom is -0.490 e. The van der Waals surface area contributed by atoms with Crippen molar-refractivity contribution < 1.29 is 27.8 Å². The van der Waals surface area contributed by atoms with E-state index in [9.17, 15) is 18.3 Å². The highest BCUT2D eigenvalue weighted by molar-refractivity contribution is 7.90. The van der Waals surface area contributed by atoms with Crippen LogP contribution in [0.3, 0.4) is 0 Å². The van der Waals surface area contributed by atoms with E-state index < -0.39 is 27.3 Å². The molecule has 9 nitrogen and oxygen atoms in total. The molecule has 5 atom stereocenters. The first kappa shape index (κ1) is 31.9. The zero-order valence-electron chi connectivity index (χ0n) is 26.2. The van der Waals surface area contributed by atoms with Crippen molar-refractivity contribution in [2.75, 3.05) is 57.4 Å². The summed E-state index contributed by atoms with van der Waals surface area (Å²) in [6.07, 6.45) is 8.91. The second-order valence-corrected chi connectivity index (χ2v) is 16.2. The number of aliphatic hydroxyl groups excluding tert-OH is 1. The summed E-state index contributed by atoms with van der Waals surface area (Å²) in [5.41, 5.74) is 3.31. The van der Waals surface area contributed by atoms with Gasteiger partial charge in [-0.3, -0.25) is 9.69 Å². The molecule has 2 fully saturated rings. The minimum atomic E-state index is -4.01. The van der Waals surface area contributed by atoms with Crippen LogP contribution in [0.2, 0.25) is 5.02 Å². The quantitative estimate of drug-likeness (QED) is 0.456. The number of morpholine rings is 1. The van der Waals surface area contributed by atoms with E-state index in [4.69, 9.17) is 21.1 Å². The summed E-state index contributed by atoms with van der Waals surface area (Å²) in [7, 11) is -4.01. The summed E-state index contributed by atoms with van der Waals surface area (Å²) in [6.45, 7) is 4.62. The molecule has 1 amide bonds. The van der Waals surface area contributed by atoms with Crippen LogP contribution >= 0.6 is 11.6 Å². The maximum atomic E-state index is 13.7. The first-order valence-corrected chi connectivity index (χ1v) is 18.6. The lowest BCUT2D eigenvalue weighted by Crippen LogP contribution is -2.49. The fraction of sp³-hybridized carbons (Fsp3) is 0.571. The number of nitrogens with zero attached hydrogens (tertiary/aromatic N) is 2. The number of anilines is 1. The third-order valence-electron chi connectivity index (χ3n) is 10.9. The molecule has 248 valence electrons. The van der Waals surface area contributed by atoms with E-state index >= 15 is 0 Å². The van der Waals surface area contributed by atoms with Crippen molar-refractivity contribution in [3.05, 3.63) is 70.3 Å². The largest absolute Gasteiger partial charge is 0.490 e. The molecule has 2 N–H and O–H groups in total. The van der Waals surface area contributed by atoms with Crippen LogP contribution in [0.4, 0.5) is 5.69 Å². The Balaban J connectivity index is 1.25. The topological polar surface area (TPSA) is 108 Å². The minimum absolute atomic E-state index is 0.115. The molecule has 1 saturated heterocycles. The maximum Gasteiger partial charge on any atom is 0.264 e. The van der Waals surface area contributed by atoms with Crippen molar-refractivity contribution >= 4 is 33.2 Å². The van der Waals surface area contributed by atoms with Gasteiger partial charge in [0.1, 0.15) is 5.75 Å². The molecule has 46 heavy (non-hydrogen) atoms. The van der Waals surface area contributed by atoms with Gasteiger partial charge < -0.3 is 19.5 Å². The molecule has 0 unspecified atom stereocenters. The molecule has 3 aliphatic heterocycles. The number of carbonyl (C=O) groups is 1. The molecule has 5 aliphatic rings. The lowest BCUT2D eigenvalue weighted by Gasteiger charge is -2.45. The van der Waals surface area contributed by atoms with Crippen LogP contribution < -0.4 is 14.4 Å². The molecule has 1 spiro atoms. The van der Waals surface area contributed by atoms with Crippen LogP contribution in [0.5, 0.6) is 5.75 Å². The van der Waals surface area contributed by atoms with Gasteiger partial charge in [0.2, 0.25) is 10.0 Å². The van der Waals surface area contributed by atoms with E-state index in [1.54, 1.807) is 18.2 Å². The molecule has 0 radical (unpaired) electrons. The van der Waals surface area contributed by atoms with Crippen molar-refractivity contribution in [3.63, 3.8) is 0 Å². The van der Waals surface area contributed by atoms with Gasteiger partial charge in [0.05, 0.1) is 36.9 Å². The number of sulfonamides is 1. The monoisotopic (exact) mass is 669 g/mol. The van der Waals surface area contributed by atoms with Gasteiger partial charge in [-0.1, -0.05) is 29.8 Å². The molecule has 2 aromatic rings. The summed E-state index contributed by atoms with van der Waals surface area (Å²) in [4.78, 5) is 18.1. The number of halogens is 1. The molecule has 1 saturated carbocycles. The summed E-state index contributed by atoms with van der Waals surface area (Å²) in [6, 6.07) is 11.4. The summed E-state index contributed by atoms with van der Waals surface area (Å²) >= 11 is 6.41. The average Bonchev–Trinajstić information content (AvgIpc) is 3.17. The van der Waals surface area contributed by atoms with Crippen LogP contribution in [-0.2, 0) is 26.6 Å². The number of ether oxygens (including phenoxy) is 2. The lowest BCUT2D eigenvalue weighted by molar-refractivity contribution is 0.0375. The van der Waals surface area contributed by atoms with Gasteiger partial charge >= 0.3 is 0 Å². The second-order valence-electron chi connectivity index (χ2n) is 13.8. The van der Waals surface area contributed by atoms with E-state index in [2.05, 4.69) is 26.7 Å². The van der Waals surface area contributed by atoms with Crippen LogP contribution in [0.1, 0.15) is 60.0 Å². The van der Waals surface area contributed by atoms with Gasteiger partial charge in [-0.2, -0.15) is 0 Å². The second kappa shape index (κ2) is 13.1. The number of allylic oxidation sites excluding steroid dienone is 1. The standard InChI is InChI=1S/C35H44ClN3O6S/c36-27-9-11-30-24(18-27)4-3-13-35(30)22-39-20-26-7-10-29(26)32(40)6-2-1-5-28(21-38-14-16-44-17-15-38)46(42,43)37-34(41)25-8-12-33(45-23-35)31(39)19-25/h2,6,8-9,11-12,18-19,26,28-29,32,40H,1,3-5,7,10,13-17,20-23H2,(H,37,41)/b6-2+/t26-,28-,29+,32-,35-/m0/s1. The third-order valence-corrected chi connectivity index (χ3v) is 12.9. The molecule has 2 aromatic carbocycles. The normalized spacial score (nSPS) is 32.2. The first-order chi connectivity index (χ1) is 22.2. The predicted octanol–water partition coefficient (Wildman–Crippen LogP) is 4.31. The van der Waals surface area contributed by atoms with Gasteiger partial charge in [-0.25, -0.2) is 13.1 Å². The van der Waals surface area contributed by atoms with Gasteiger partial charge in [-0.15, -0.1) is 0 Å². The van der Waals surface area contributed by atoms with Crippen molar-refractivity contribution in [1.29, 1.82) is 0 Å². The molecule has 7 rings (SSSR count). The zero-order valence-corrected chi connectivity index (χ0v) is 27.8. The molecule has 11 heteroatoms. The molecule has 0 aromatic heterocycles. The van der Waals surface area contributed by atoms with Crippen LogP contribution in [0.15, 0.2) is 48.6 Å². The number of aryl methyl sites for hydroxylation is 1. The molecule has 3 heterocycles. The zero-order chi connectivity index (χ0) is 31.9. The third kappa shape index (κ3) is 6.43. The van der Waals surface area contributed by atoms with Crippen molar-refractivity contribution in [3.8, 4) is 5.75 Å². The van der Waals surface area contributed by atoms with E-state index in [-0.39, 0.29) is 22.8 Å². The van der Waals surface area contributed by atoms with Crippen molar-refractivity contribution in [2.45, 2.75) is 61.7 Å². The number of hydrogen-bond donors (Lipinski definition) is 2. The number of amides is 1. The maximum absolute atomic E-state index is 13.7. The summed E-state index contributed by atoms with van der Waals surface area (Å²) < 4.78 is 41.9. The molecular formula is C35H44ClN3O6S. The fourth-order valence-electron chi connectivity index (χ4n) is 8.16. The smallest absolute Gasteiger partial charge is 0.264 e. The van der Waals surface area contributed by atoms with Gasteiger partial charge in [0.15, 0.2) is 0 Å². The Hall–Kier alpha value is -2.63. The Bertz CT molecular complexity index is 1590. The Morgan fingerprint density at radius 2 is 1.93 bits per heavy atom. The number of hydrogen-bond acceptors (Lipinski definition) is 8. The lowest BCUT2D eigenvalue weighted by atomic mass is 9.68. The number of nitrogens with one attached hydrogen (secondary N) is 1. The number of carbonyl (C=O) groups excluding carboxylic acids is 1. The van der Waals surface area contributed by atoms with E-state index in [1.807, 2.05) is 18.2 Å². The predicted molar refractivity (Wildman–Crippen MR) is 178 cm³/mol. The summed E-state index contributed by atoms with van der Waals surface area (Å²) in [5, 5.41) is 11.2. The van der Waals surface area contributed by atoms with Gasteiger partial charge in [0.25, 0.3) is 5.91 Å². The Labute approximate surface area is 276 Å². The van der Waals surface area contributed by atoms with Crippen molar-refractivity contribution in [2.24, 2.45) is 11.8 Å². The molecule has 2 aliphatic carbocycles. The molecule has 2 bridgehead atoms. The van der Waals surface area contributed by atoms with E-state index in [0.29, 0.717) is 71.1 Å². The number of rotatable bonds is 2. The first-order valence-electron chi connectivity index (χ1n) is 16.7. The van der Waals surface area contributed by atoms with E-state index in [1.165, 1.54) is 11.1 Å². The Morgan fingerprint density at radius 1 is 1.09 bits per heavy atom. The van der Waals surface area contributed by atoms with Crippen LogP contribution in [-0.4, -0.2) is 88.2 Å². The van der Waals surface area contributed by atoms with Gasteiger partial charge in [0, 0.05) is 48.7 Å². The highest BCUT2D eigenvalue weighted by Crippen LogP contribution is 2.46. The summed E-state index contributed by atoms with van der Waals surface area (Å²) in [5.74, 6) is 0.436. The van der Waals surface area contributed by atoms with Crippen molar-refractivity contribution in [1.82, 2.24) is 9.62 Å². The number of benzene rings is 2. The van der Waals surface area contributed by atoms with Crippen LogP contribution in [0, 0.1) is 11.8 Å². The highest BCUT2D eigenvalue weighted by Gasteiger charge is 2.44. The molecular weight excluding hydrogens is 626 g/mol. The average molecular weight is 670 g/mol. The Kier molecular flexibility index (Phi) is 9.10. The van der Waals surface area contributed by atoms with Gasteiger partial charge in [-0.05, 0) is 98.2 Å². The number of aliphatic hydroxyl groups is 1. The fourth-order valence-corrected chi connectivity index (χ4v) is 9.75. The van der Waals surface area contributed by atoms with Crippen LogP contribution in [0.25, 0.3) is 0 Å².